The molecule has 0 amide bonds. The molecule has 0 aliphatic heterocycles. The first-order valence-corrected chi connectivity index (χ1v) is 7.90. The van der Waals surface area contributed by atoms with Crippen LogP contribution >= 0.6 is 0 Å². The maximum Gasteiger partial charge on any atom is 0.119 e. The first-order chi connectivity index (χ1) is 9.66. The highest BCUT2D eigenvalue weighted by atomic mass is 16.5. The molecule has 1 aromatic rings. The quantitative estimate of drug-likeness (QED) is 0.891. The van der Waals surface area contributed by atoms with Gasteiger partial charge in [-0.2, -0.15) is 0 Å². The highest BCUT2D eigenvalue weighted by Crippen LogP contribution is 2.32. The molecule has 1 aromatic carbocycles. The van der Waals surface area contributed by atoms with Crippen LogP contribution in [0.25, 0.3) is 0 Å². The van der Waals surface area contributed by atoms with Crippen molar-refractivity contribution in [3.05, 3.63) is 29.3 Å². The molecule has 0 saturated heterocycles. The monoisotopic (exact) mass is 275 g/mol. The van der Waals surface area contributed by atoms with Crippen molar-refractivity contribution in [3.8, 4) is 5.75 Å². The van der Waals surface area contributed by atoms with Crippen molar-refractivity contribution in [1.29, 1.82) is 0 Å². The number of hydrogen-bond acceptors (Lipinski definition) is 3. The summed E-state index contributed by atoms with van der Waals surface area (Å²) in [5, 5.41) is 10.5. The number of benzene rings is 1. The van der Waals surface area contributed by atoms with Gasteiger partial charge >= 0.3 is 0 Å². The molecule has 2 aliphatic rings. The zero-order valence-electron chi connectivity index (χ0n) is 12.1. The third-order valence-electron chi connectivity index (χ3n) is 4.77. The van der Waals surface area contributed by atoms with Gasteiger partial charge in [0.05, 0.1) is 5.60 Å². The van der Waals surface area contributed by atoms with Crippen LogP contribution in [0.5, 0.6) is 5.75 Å². The minimum Gasteiger partial charge on any atom is -0.491 e. The van der Waals surface area contributed by atoms with E-state index in [1.807, 2.05) is 6.07 Å². The second-order valence-corrected chi connectivity index (χ2v) is 6.43. The van der Waals surface area contributed by atoms with Crippen LogP contribution in [0.3, 0.4) is 0 Å². The van der Waals surface area contributed by atoms with Crippen LogP contribution in [-0.2, 0) is 6.42 Å². The smallest absolute Gasteiger partial charge is 0.119 e. The molecule has 0 unspecified atom stereocenters. The Balaban J connectivity index is 1.67. The lowest BCUT2D eigenvalue weighted by atomic mass is 9.85. The van der Waals surface area contributed by atoms with Gasteiger partial charge in [-0.25, -0.2) is 0 Å². The Morgan fingerprint density at radius 1 is 1.20 bits per heavy atom. The summed E-state index contributed by atoms with van der Waals surface area (Å²) >= 11 is 0. The molecule has 3 nitrogen and oxygen atoms in total. The molecular weight excluding hydrogens is 250 g/mol. The van der Waals surface area contributed by atoms with Crippen LogP contribution < -0.4 is 10.5 Å². The topological polar surface area (TPSA) is 55.5 Å². The van der Waals surface area contributed by atoms with E-state index >= 15 is 0 Å². The van der Waals surface area contributed by atoms with Crippen molar-refractivity contribution in [2.24, 2.45) is 5.73 Å². The normalized spacial score (nSPS) is 25.0. The van der Waals surface area contributed by atoms with Crippen LogP contribution in [0, 0.1) is 0 Å². The molecule has 0 aromatic heterocycles. The molecule has 3 rings (SSSR count). The van der Waals surface area contributed by atoms with Gasteiger partial charge in [0.25, 0.3) is 0 Å². The number of fused-ring (bicyclic) bond motifs is 1. The van der Waals surface area contributed by atoms with Gasteiger partial charge in [0.15, 0.2) is 0 Å². The lowest BCUT2D eigenvalue weighted by Crippen LogP contribution is -2.37. The molecule has 0 radical (unpaired) electrons. The number of aryl methyl sites for hydroxylation is 1. The predicted octanol–water partition coefficient (Wildman–Crippen LogP) is 3.10. The van der Waals surface area contributed by atoms with E-state index in [1.54, 1.807) is 0 Å². The zero-order chi connectivity index (χ0) is 14.0. The van der Waals surface area contributed by atoms with Gasteiger partial charge in [-0.3, -0.25) is 0 Å². The molecular formula is C17H25NO2. The summed E-state index contributed by atoms with van der Waals surface area (Å²) in [5.41, 5.74) is 8.13. The van der Waals surface area contributed by atoms with Crippen molar-refractivity contribution < 1.29 is 9.84 Å². The van der Waals surface area contributed by atoms with E-state index in [2.05, 4.69) is 12.1 Å². The average Bonchev–Trinajstić information content (AvgIpc) is 2.47. The number of nitrogens with two attached hydrogens (primary N) is 1. The molecule has 1 fully saturated rings. The number of ether oxygens (including phenoxy) is 1. The Morgan fingerprint density at radius 3 is 2.80 bits per heavy atom. The van der Waals surface area contributed by atoms with E-state index < -0.39 is 5.60 Å². The standard InChI is InChI=1S/C17H25NO2/c18-16-6-4-5-13-7-8-14(11-15(13)16)20-12-17(19)9-2-1-3-10-17/h7-8,11,16,19H,1-6,9-10,12,18H2/t16-/m1/s1. The fourth-order valence-electron chi connectivity index (χ4n) is 3.48. The molecule has 1 saturated carbocycles. The highest BCUT2D eigenvalue weighted by molar-refractivity contribution is 5.39. The Labute approximate surface area is 121 Å². The first kappa shape index (κ1) is 13.9. The van der Waals surface area contributed by atoms with Gasteiger partial charge in [-0.05, 0) is 55.4 Å². The van der Waals surface area contributed by atoms with Crippen molar-refractivity contribution in [3.63, 3.8) is 0 Å². The molecule has 1 atom stereocenters. The molecule has 2 aliphatic carbocycles. The van der Waals surface area contributed by atoms with Crippen molar-refractivity contribution in [1.82, 2.24) is 0 Å². The summed E-state index contributed by atoms with van der Waals surface area (Å²) in [5.74, 6) is 0.847. The van der Waals surface area contributed by atoms with Gasteiger partial charge in [0, 0.05) is 6.04 Å². The van der Waals surface area contributed by atoms with E-state index in [1.165, 1.54) is 24.0 Å². The lowest BCUT2D eigenvalue weighted by molar-refractivity contribution is -0.0339. The van der Waals surface area contributed by atoms with E-state index in [-0.39, 0.29) is 6.04 Å². The van der Waals surface area contributed by atoms with Gasteiger partial charge < -0.3 is 15.6 Å². The number of rotatable bonds is 3. The third-order valence-corrected chi connectivity index (χ3v) is 4.77. The van der Waals surface area contributed by atoms with E-state index in [4.69, 9.17) is 10.5 Å². The summed E-state index contributed by atoms with van der Waals surface area (Å²) in [6.07, 6.45) is 8.51. The molecule has 110 valence electrons. The molecule has 0 spiro atoms. The maximum absolute atomic E-state index is 10.5. The van der Waals surface area contributed by atoms with Gasteiger partial charge in [-0.15, -0.1) is 0 Å². The second-order valence-electron chi connectivity index (χ2n) is 6.43. The summed E-state index contributed by atoms with van der Waals surface area (Å²) in [7, 11) is 0. The van der Waals surface area contributed by atoms with E-state index in [0.29, 0.717) is 6.61 Å². The second kappa shape index (κ2) is 5.74. The van der Waals surface area contributed by atoms with Crippen LogP contribution in [0.4, 0.5) is 0 Å². The Hall–Kier alpha value is -1.06. The lowest BCUT2D eigenvalue weighted by Gasteiger charge is -2.32. The predicted molar refractivity (Wildman–Crippen MR) is 79.8 cm³/mol. The van der Waals surface area contributed by atoms with Gasteiger partial charge in [0.1, 0.15) is 12.4 Å². The third kappa shape index (κ3) is 2.99. The molecule has 0 bridgehead atoms. The van der Waals surface area contributed by atoms with Gasteiger partial charge in [0.2, 0.25) is 0 Å². The largest absolute Gasteiger partial charge is 0.491 e. The Bertz CT molecular complexity index is 466. The Morgan fingerprint density at radius 2 is 2.00 bits per heavy atom. The van der Waals surface area contributed by atoms with Crippen molar-refractivity contribution in [2.75, 3.05) is 6.61 Å². The fraction of sp³-hybridized carbons (Fsp3) is 0.647. The minimum atomic E-state index is -0.629. The Kier molecular flexibility index (Phi) is 3.99. The molecule has 20 heavy (non-hydrogen) atoms. The molecule has 0 heterocycles. The average molecular weight is 275 g/mol. The summed E-state index contributed by atoms with van der Waals surface area (Å²) in [4.78, 5) is 0. The number of hydrogen-bond donors (Lipinski definition) is 2. The van der Waals surface area contributed by atoms with Crippen LogP contribution in [0.1, 0.15) is 62.1 Å². The van der Waals surface area contributed by atoms with E-state index in [9.17, 15) is 5.11 Å². The maximum atomic E-state index is 10.5. The van der Waals surface area contributed by atoms with Crippen LogP contribution in [0.15, 0.2) is 18.2 Å². The van der Waals surface area contributed by atoms with Crippen LogP contribution in [-0.4, -0.2) is 17.3 Å². The summed E-state index contributed by atoms with van der Waals surface area (Å²) in [6.45, 7) is 0.404. The van der Waals surface area contributed by atoms with Crippen molar-refractivity contribution in [2.45, 2.75) is 63.0 Å². The van der Waals surface area contributed by atoms with Gasteiger partial charge in [-0.1, -0.05) is 25.3 Å². The highest BCUT2D eigenvalue weighted by Gasteiger charge is 2.30. The first-order valence-electron chi connectivity index (χ1n) is 7.90. The molecule has 3 N–H and O–H groups in total. The summed E-state index contributed by atoms with van der Waals surface area (Å²) in [6, 6.07) is 6.36. The van der Waals surface area contributed by atoms with Crippen LogP contribution in [0.2, 0.25) is 0 Å². The molecule has 3 heteroatoms. The number of aliphatic hydroxyl groups is 1. The fourth-order valence-corrected chi connectivity index (χ4v) is 3.48. The zero-order valence-corrected chi connectivity index (χ0v) is 12.1. The van der Waals surface area contributed by atoms with Crippen molar-refractivity contribution >= 4 is 0 Å². The summed E-state index contributed by atoms with van der Waals surface area (Å²) < 4.78 is 5.86. The minimum absolute atomic E-state index is 0.139. The SMILES string of the molecule is N[C@@H]1CCCc2ccc(OCC3(O)CCCCC3)cc21. The van der Waals surface area contributed by atoms with E-state index in [0.717, 1.165) is 44.3 Å².